The molecule has 25 heavy (non-hydrogen) atoms. The first-order chi connectivity index (χ1) is 12.1. The van der Waals surface area contributed by atoms with Crippen molar-refractivity contribution in [1.82, 2.24) is 20.4 Å². The van der Waals surface area contributed by atoms with Crippen molar-refractivity contribution < 1.29 is 9.32 Å². The lowest BCUT2D eigenvalue weighted by molar-refractivity contribution is 0.0949. The molecule has 128 valence electrons. The van der Waals surface area contributed by atoms with Crippen LogP contribution in [0.25, 0.3) is 0 Å². The fraction of sp³-hybridized carbons (Fsp3) is 0.176. The van der Waals surface area contributed by atoms with Crippen molar-refractivity contribution in [3.63, 3.8) is 0 Å². The molecule has 1 amide bonds. The second-order valence-electron chi connectivity index (χ2n) is 5.35. The number of nitrogens with zero attached hydrogens (tertiary/aromatic N) is 3. The average Bonchev–Trinajstić information content (AvgIpc) is 3.00. The monoisotopic (exact) mass is 357 g/mol. The molecule has 0 aliphatic rings. The Labute approximate surface area is 149 Å². The van der Waals surface area contributed by atoms with Crippen LogP contribution in [0.4, 0.5) is 11.8 Å². The topological polar surface area (TPSA) is 92.9 Å². The molecule has 3 rings (SSSR count). The molecule has 0 fully saturated rings. The quantitative estimate of drug-likeness (QED) is 0.704. The van der Waals surface area contributed by atoms with Crippen molar-refractivity contribution in [1.29, 1.82) is 0 Å². The molecule has 7 nitrogen and oxygen atoms in total. The molecule has 0 atom stereocenters. The van der Waals surface area contributed by atoms with E-state index in [-0.39, 0.29) is 17.5 Å². The summed E-state index contributed by atoms with van der Waals surface area (Å²) < 4.78 is 4.96. The molecule has 0 spiro atoms. The van der Waals surface area contributed by atoms with Crippen molar-refractivity contribution in [2.45, 2.75) is 13.3 Å². The summed E-state index contributed by atoms with van der Waals surface area (Å²) in [5.74, 6) is 1.15. The van der Waals surface area contributed by atoms with Gasteiger partial charge in [0, 0.05) is 23.8 Å². The van der Waals surface area contributed by atoms with Crippen LogP contribution in [0.3, 0.4) is 0 Å². The lowest BCUT2D eigenvalue weighted by Crippen LogP contribution is -2.26. The van der Waals surface area contributed by atoms with Gasteiger partial charge in [0.05, 0.1) is 0 Å². The van der Waals surface area contributed by atoms with Gasteiger partial charge in [-0.1, -0.05) is 28.9 Å². The van der Waals surface area contributed by atoms with Crippen molar-refractivity contribution in [3.05, 3.63) is 64.6 Å². The highest BCUT2D eigenvalue weighted by molar-refractivity contribution is 6.30. The fourth-order valence-electron chi connectivity index (χ4n) is 2.19. The number of hydrogen-bond donors (Lipinski definition) is 2. The molecule has 2 heterocycles. The van der Waals surface area contributed by atoms with E-state index in [1.807, 2.05) is 24.3 Å². The molecule has 1 aromatic carbocycles. The Hall–Kier alpha value is -2.93. The maximum atomic E-state index is 12.2. The highest BCUT2D eigenvalue weighted by atomic mass is 35.5. The smallest absolute Gasteiger partial charge is 0.270 e. The minimum atomic E-state index is -0.274. The van der Waals surface area contributed by atoms with Crippen LogP contribution in [0, 0.1) is 6.92 Å². The minimum absolute atomic E-state index is 0.267. The summed E-state index contributed by atoms with van der Waals surface area (Å²) in [6.45, 7) is 2.26. The molecule has 0 bridgehead atoms. The number of carbonyl (C=O) groups is 1. The third-order valence-corrected chi connectivity index (χ3v) is 3.58. The van der Waals surface area contributed by atoms with Gasteiger partial charge in [0.25, 0.3) is 5.91 Å². The second-order valence-corrected chi connectivity index (χ2v) is 5.79. The van der Waals surface area contributed by atoms with E-state index in [1.165, 1.54) is 6.20 Å². The first-order valence-electron chi connectivity index (χ1n) is 7.66. The van der Waals surface area contributed by atoms with Crippen LogP contribution in [0.5, 0.6) is 0 Å². The first kappa shape index (κ1) is 16.9. The predicted molar refractivity (Wildman–Crippen MR) is 94.0 cm³/mol. The molecule has 2 aromatic heterocycles. The molecule has 3 aromatic rings. The third kappa shape index (κ3) is 4.77. The molecule has 2 N–H and O–H groups in total. The van der Waals surface area contributed by atoms with E-state index in [0.717, 1.165) is 5.56 Å². The molecule has 0 aliphatic carbocycles. The van der Waals surface area contributed by atoms with Crippen LogP contribution in [-0.4, -0.2) is 27.6 Å². The molecule has 0 saturated carbocycles. The summed E-state index contributed by atoms with van der Waals surface area (Å²) in [7, 11) is 0. The summed E-state index contributed by atoms with van der Waals surface area (Å²) in [6.07, 6.45) is 2.19. The van der Waals surface area contributed by atoms with E-state index in [9.17, 15) is 4.79 Å². The standard InChI is InChI=1S/C17H16ClN5O2/c1-11-9-15(23-25-11)22-17-20-8-6-14(21-17)16(24)19-7-5-12-3-2-4-13(18)10-12/h2-4,6,8-10H,5,7H2,1H3,(H,19,24)(H,20,21,22,23). The molecule has 0 radical (unpaired) electrons. The lowest BCUT2D eigenvalue weighted by Gasteiger charge is -2.06. The second kappa shape index (κ2) is 7.76. The molecule has 0 unspecified atom stereocenters. The Kier molecular flexibility index (Phi) is 5.25. The number of carbonyl (C=O) groups excluding carboxylic acids is 1. The molecule has 0 saturated heterocycles. The maximum Gasteiger partial charge on any atom is 0.270 e. The predicted octanol–water partition coefficient (Wildman–Crippen LogP) is 3.14. The van der Waals surface area contributed by atoms with Gasteiger partial charge in [-0.15, -0.1) is 0 Å². The zero-order valence-electron chi connectivity index (χ0n) is 13.5. The zero-order chi connectivity index (χ0) is 17.6. The van der Waals surface area contributed by atoms with Gasteiger partial charge < -0.3 is 15.2 Å². The van der Waals surface area contributed by atoms with Crippen LogP contribution >= 0.6 is 11.6 Å². The Morgan fingerprint density at radius 1 is 1.28 bits per heavy atom. The number of amides is 1. The summed E-state index contributed by atoms with van der Waals surface area (Å²) in [5.41, 5.74) is 1.32. The van der Waals surface area contributed by atoms with Crippen LogP contribution in [0.15, 0.2) is 47.1 Å². The highest BCUT2D eigenvalue weighted by Gasteiger charge is 2.09. The van der Waals surface area contributed by atoms with E-state index in [2.05, 4.69) is 25.8 Å². The van der Waals surface area contributed by atoms with Gasteiger partial charge in [-0.05, 0) is 37.1 Å². The summed E-state index contributed by atoms with van der Waals surface area (Å²) in [6, 6.07) is 10.8. The van der Waals surface area contributed by atoms with Crippen molar-refractivity contribution in [2.24, 2.45) is 0 Å². The van der Waals surface area contributed by atoms with Gasteiger partial charge in [0.1, 0.15) is 11.5 Å². The Balaban J connectivity index is 1.57. The summed E-state index contributed by atoms with van der Waals surface area (Å²) >= 11 is 5.94. The Bertz CT molecular complexity index is 881. The van der Waals surface area contributed by atoms with Crippen LogP contribution < -0.4 is 10.6 Å². The summed E-state index contributed by atoms with van der Waals surface area (Å²) in [4.78, 5) is 20.5. The molecular weight excluding hydrogens is 342 g/mol. The Morgan fingerprint density at radius 3 is 2.92 bits per heavy atom. The molecule has 0 aliphatic heterocycles. The van der Waals surface area contributed by atoms with E-state index in [1.54, 1.807) is 19.1 Å². The van der Waals surface area contributed by atoms with E-state index in [0.29, 0.717) is 29.6 Å². The third-order valence-electron chi connectivity index (χ3n) is 3.34. The summed E-state index contributed by atoms with van der Waals surface area (Å²) in [5, 5.41) is 10.2. The van der Waals surface area contributed by atoms with Crippen molar-refractivity contribution in [3.8, 4) is 0 Å². The van der Waals surface area contributed by atoms with Crippen molar-refractivity contribution >= 4 is 29.3 Å². The van der Waals surface area contributed by atoms with E-state index < -0.39 is 0 Å². The lowest BCUT2D eigenvalue weighted by atomic mass is 10.1. The number of aromatic nitrogens is 3. The van der Waals surface area contributed by atoms with Gasteiger partial charge in [-0.2, -0.15) is 0 Å². The van der Waals surface area contributed by atoms with Gasteiger partial charge in [0.2, 0.25) is 5.95 Å². The van der Waals surface area contributed by atoms with Crippen LogP contribution in [0.1, 0.15) is 21.8 Å². The average molecular weight is 358 g/mol. The van der Waals surface area contributed by atoms with Crippen molar-refractivity contribution in [2.75, 3.05) is 11.9 Å². The van der Waals surface area contributed by atoms with Gasteiger partial charge >= 0.3 is 0 Å². The zero-order valence-corrected chi connectivity index (χ0v) is 14.2. The number of anilines is 2. The fourth-order valence-corrected chi connectivity index (χ4v) is 2.40. The van der Waals surface area contributed by atoms with Gasteiger partial charge in [-0.25, -0.2) is 9.97 Å². The normalized spacial score (nSPS) is 10.5. The number of rotatable bonds is 6. The first-order valence-corrected chi connectivity index (χ1v) is 8.04. The maximum absolute atomic E-state index is 12.2. The number of benzene rings is 1. The highest BCUT2D eigenvalue weighted by Crippen LogP contribution is 2.13. The molecule has 8 heteroatoms. The largest absolute Gasteiger partial charge is 0.360 e. The van der Waals surface area contributed by atoms with Crippen LogP contribution in [-0.2, 0) is 6.42 Å². The van der Waals surface area contributed by atoms with Gasteiger partial charge in [0.15, 0.2) is 5.82 Å². The minimum Gasteiger partial charge on any atom is -0.360 e. The van der Waals surface area contributed by atoms with E-state index >= 15 is 0 Å². The Morgan fingerprint density at radius 2 is 2.16 bits per heavy atom. The molecular formula is C17H16ClN5O2. The van der Waals surface area contributed by atoms with E-state index in [4.69, 9.17) is 16.1 Å². The number of hydrogen-bond acceptors (Lipinski definition) is 6. The van der Waals surface area contributed by atoms with Crippen LogP contribution in [0.2, 0.25) is 5.02 Å². The number of nitrogens with one attached hydrogen (secondary N) is 2. The van der Waals surface area contributed by atoms with Gasteiger partial charge in [-0.3, -0.25) is 4.79 Å². The number of aryl methyl sites for hydroxylation is 1. The number of halogens is 1. The SMILES string of the molecule is Cc1cc(Nc2nccc(C(=O)NCCc3cccc(Cl)c3)n2)no1.